The van der Waals surface area contributed by atoms with E-state index in [1.165, 1.54) is 33.4 Å². The molecule has 0 fully saturated rings. The molecule has 3 nitrogen and oxygen atoms in total. The molecular formula is C64H43N3. The minimum Gasteiger partial charge on any atom is -0.208 e. The fraction of sp³-hybridized carbons (Fsp3) is 0.0469. The summed E-state index contributed by atoms with van der Waals surface area (Å²) < 4.78 is 0. The van der Waals surface area contributed by atoms with Gasteiger partial charge in [0.05, 0.1) is 5.41 Å². The van der Waals surface area contributed by atoms with E-state index in [0.29, 0.717) is 17.5 Å². The minimum atomic E-state index is -0.383. The first kappa shape index (κ1) is 38.9. The molecule has 3 aliphatic rings. The molecule has 3 aliphatic carbocycles. The highest BCUT2D eigenvalue weighted by Gasteiger charge is 2.57. The maximum atomic E-state index is 5.51. The van der Waals surface area contributed by atoms with E-state index in [4.69, 9.17) is 15.0 Å². The standard InChI is InChI=1S/C64H43N3/c1-5-19-42(20-6-1)47-35-48(43-21-7-2-8-22-43)38-51(37-47)62-65-61(66-63(67-62)52-39-49(44-23-9-3-10-24-44)36-50(40-52)45-25-11-4-12-26-45)46-33-34-56-55-29-15-18-32-59(55)64(60(56)41-46)57-30-16-13-27-53(57)54-28-14-17-31-58(54)64/h1-41,56,60H. The first-order chi connectivity index (χ1) is 33.2. The molecule has 0 radical (unpaired) electrons. The first-order valence-electron chi connectivity index (χ1n) is 23.2. The molecule has 314 valence electrons. The van der Waals surface area contributed by atoms with E-state index in [-0.39, 0.29) is 17.3 Å². The van der Waals surface area contributed by atoms with Gasteiger partial charge < -0.3 is 0 Å². The molecule has 1 spiro atoms. The predicted octanol–water partition coefficient (Wildman–Crippen LogP) is 15.6. The Labute approximate surface area is 391 Å². The molecule has 0 saturated heterocycles. The topological polar surface area (TPSA) is 38.7 Å². The van der Waals surface area contributed by atoms with Crippen LogP contribution in [0.1, 0.15) is 34.0 Å². The SMILES string of the molecule is C1=CC2c3ccccc3C3(c4ccccc4-c4ccccc43)C2C=C1c1nc(-c2cc(-c3ccccc3)cc(-c3ccccc3)c2)nc(-c2cc(-c3ccccc3)cc(-c3ccccc3)c2)n1. The van der Waals surface area contributed by atoms with Crippen molar-refractivity contribution in [3.05, 3.63) is 277 Å². The Morgan fingerprint density at radius 2 is 0.672 bits per heavy atom. The molecule has 0 aliphatic heterocycles. The summed E-state index contributed by atoms with van der Waals surface area (Å²) in [7, 11) is 0. The van der Waals surface area contributed by atoms with Gasteiger partial charge in [0.2, 0.25) is 0 Å². The van der Waals surface area contributed by atoms with Gasteiger partial charge in [0, 0.05) is 28.5 Å². The number of hydrogen-bond donors (Lipinski definition) is 0. The van der Waals surface area contributed by atoms with Gasteiger partial charge in [-0.15, -0.1) is 0 Å². The highest BCUT2D eigenvalue weighted by atomic mass is 15.0. The third kappa shape index (κ3) is 6.46. The summed E-state index contributed by atoms with van der Waals surface area (Å²) >= 11 is 0. The molecule has 0 saturated carbocycles. The van der Waals surface area contributed by atoms with Crippen molar-refractivity contribution in [1.29, 1.82) is 0 Å². The van der Waals surface area contributed by atoms with Crippen molar-refractivity contribution in [3.63, 3.8) is 0 Å². The molecule has 2 unspecified atom stereocenters. The van der Waals surface area contributed by atoms with Crippen LogP contribution in [-0.2, 0) is 5.41 Å². The number of nitrogens with zero attached hydrogens (tertiary/aromatic N) is 3. The van der Waals surface area contributed by atoms with Gasteiger partial charge in [0.1, 0.15) is 0 Å². The minimum absolute atomic E-state index is 0.0792. The molecule has 1 aromatic heterocycles. The molecule has 67 heavy (non-hydrogen) atoms. The van der Waals surface area contributed by atoms with E-state index in [1.54, 1.807) is 0 Å². The Kier molecular flexibility index (Phi) is 9.21. The quantitative estimate of drug-likeness (QED) is 0.160. The number of fused-ring (bicyclic) bond motifs is 10. The summed E-state index contributed by atoms with van der Waals surface area (Å²) in [4.78, 5) is 16.5. The average Bonchev–Trinajstić information content (AvgIpc) is 3.88. The van der Waals surface area contributed by atoms with E-state index in [2.05, 4.69) is 249 Å². The molecule has 0 amide bonds. The molecule has 3 heteroatoms. The van der Waals surface area contributed by atoms with Gasteiger partial charge >= 0.3 is 0 Å². The van der Waals surface area contributed by atoms with Crippen molar-refractivity contribution in [2.24, 2.45) is 5.92 Å². The highest BCUT2D eigenvalue weighted by Crippen LogP contribution is 2.65. The summed E-state index contributed by atoms with van der Waals surface area (Å²) in [5.74, 6) is 2.15. The summed E-state index contributed by atoms with van der Waals surface area (Å²) in [6, 6.07) is 83.0. The third-order valence-corrected chi connectivity index (χ3v) is 14.2. The fourth-order valence-corrected chi connectivity index (χ4v) is 11.2. The highest BCUT2D eigenvalue weighted by molar-refractivity contribution is 5.88. The van der Waals surface area contributed by atoms with Crippen molar-refractivity contribution in [3.8, 4) is 78.4 Å². The molecule has 0 N–H and O–H groups in total. The lowest BCUT2D eigenvalue weighted by molar-refractivity contribution is 0.467. The lowest BCUT2D eigenvalue weighted by Crippen LogP contribution is -2.33. The Hall–Kier alpha value is -8.53. The third-order valence-electron chi connectivity index (χ3n) is 14.2. The molecule has 10 aromatic rings. The van der Waals surface area contributed by atoms with Crippen LogP contribution in [0, 0.1) is 5.92 Å². The largest absolute Gasteiger partial charge is 0.208 e. The second-order valence-electron chi connectivity index (χ2n) is 17.9. The zero-order valence-electron chi connectivity index (χ0n) is 36.7. The Balaban J connectivity index is 1.05. The Morgan fingerprint density at radius 3 is 1.12 bits per heavy atom. The van der Waals surface area contributed by atoms with Gasteiger partial charge in [-0.3, -0.25) is 0 Å². The lowest BCUT2D eigenvalue weighted by atomic mass is 9.65. The summed E-state index contributed by atoms with van der Waals surface area (Å²) in [6.45, 7) is 0. The Bertz CT molecular complexity index is 3270. The van der Waals surface area contributed by atoms with E-state index < -0.39 is 0 Å². The first-order valence-corrected chi connectivity index (χ1v) is 23.2. The van der Waals surface area contributed by atoms with Crippen LogP contribution in [-0.4, -0.2) is 15.0 Å². The van der Waals surface area contributed by atoms with E-state index in [1.807, 2.05) is 0 Å². The average molecular weight is 854 g/mol. The van der Waals surface area contributed by atoms with E-state index in [0.717, 1.165) is 61.2 Å². The normalized spacial score (nSPS) is 15.9. The molecule has 2 atom stereocenters. The van der Waals surface area contributed by atoms with Crippen LogP contribution in [0.25, 0.3) is 84.0 Å². The van der Waals surface area contributed by atoms with Crippen LogP contribution < -0.4 is 0 Å². The number of hydrogen-bond acceptors (Lipinski definition) is 3. The number of allylic oxidation sites excluding steroid dienone is 4. The van der Waals surface area contributed by atoms with Gasteiger partial charge in [0.25, 0.3) is 0 Å². The summed E-state index contributed by atoms with van der Waals surface area (Å²) in [5, 5.41) is 0. The Morgan fingerprint density at radius 1 is 0.313 bits per heavy atom. The maximum Gasteiger partial charge on any atom is 0.164 e. The van der Waals surface area contributed by atoms with Crippen LogP contribution in [0.5, 0.6) is 0 Å². The van der Waals surface area contributed by atoms with Crippen molar-refractivity contribution in [2.45, 2.75) is 11.3 Å². The van der Waals surface area contributed by atoms with Crippen molar-refractivity contribution in [2.75, 3.05) is 0 Å². The van der Waals surface area contributed by atoms with E-state index in [9.17, 15) is 0 Å². The molecule has 1 heterocycles. The van der Waals surface area contributed by atoms with Crippen LogP contribution in [0.4, 0.5) is 0 Å². The zero-order valence-corrected chi connectivity index (χ0v) is 36.7. The van der Waals surface area contributed by atoms with Gasteiger partial charge in [-0.2, -0.15) is 0 Å². The van der Waals surface area contributed by atoms with Gasteiger partial charge in [-0.25, -0.2) is 15.0 Å². The summed E-state index contributed by atoms with van der Waals surface area (Å²) in [6.07, 6.45) is 7.16. The second-order valence-corrected chi connectivity index (χ2v) is 17.9. The van der Waals surface area contributed by atoms with Gasteiger partial charge in [-0.05, 0) is 114 Å². The van der Waals surface area contributed by atoms with Crippen LogP contribution in [0.15, 0.2) is 249 Å². The van der Waals surface area contributed by atoms with Crippen LogP contribution >= 0.6 is 0 Å². The smallest absolute Gasteiger partial charge is 0.164 e. The monoisotopic (exact) mass is 853 g/mol. The molecule has 9 aromatic carbocycles. The van der Waals surface area contributed by atoms with Gasteiger partial charge in [-0.1, -0.05) is 212 Å². The molecule has 13 rings (SSSR count). The van der Waals surface area contributed by atoms with Crippen molar-refractivity contribution in [1.82, 2.24) is 15.0 Å². The van der Waals surface area contributed by atoms with Crippen LogP contribution in [0.3, 0.4) is 0 Å². The van der Waals surface area contributed by atoms with Crippen molar-refractivity contribution >= 4 is 5.57 Å². The zero-order chi connectivity index (χ0) is 44.3. The fourth-order valence-electron chi connectivity index (χ4n) is 11.2. The molecular weight excluding hydrogens is 811 g/mol. The second kappa shape index (κ2) is 15.9. The lowest BCUT2D eigenvalue weighted by Gasteiger charge is -2.36. The van der Waals surface area contributed by atoms with Crippen molar-refractivity contribution < 1.29 is 0 Å². The summed E-state index contributed by atoms with van der Waals surface area (Å²) in [5.41, 5.74) is 19.5. The number of benzene rings is 9. The molecule has 0 bridgehead atoms. The van der Waals surface area contributed by atoms with Crippen LogP contribution in [0.2, 0.25) is 0 Å². The predicted molar refractivity (Wildman–Crippen MR) is 274 cm³/mol. The van der Waals surface area contributed by atoms with E-state index >= 15 is 0 Å². The maximum absolute atomic E-state index is 5.51. The number of rotatable bonds is 7. The number of aromatic nitrogens is 3. The van der Waals surface area contributed by atoms with Gasteiger partial charge in [0.15, 0.2) is 17.5 Å².